The highest BCUT2D eigenvalue weighted by Gasteiger charge is 2.21. The summed E-state index contributed by atoms with van der Waals surface area (Å²) in [6.45, 7) is 4.80. The molecule has 0 aliphatic carbocycles. The van der Waals surface area contributed by atoms with Gasteiger partial charge in [-0.05, 0) is 42.6 Å². The van der Waals surface area contributed by atoms with Crippen LogP contribution in [0.2, 0.25) is 0 Å². The van der Waals surface area contributed by atoms with Crippen LogP contribution in [0.25, 0.3) is 0 Å². The first kappa shape index (κ1) is 15.6. The molecule has 2 aromatic rings. The smallest absolute Gasteiger partial charge is 0.163 e. The molecule has 2 nitrogen and oxygen atoms in total. The van der Waals surface area contributed by atoms with E-state index >= 15 is 0 Å². The van der Waals surface area contributed by atoms with E-state index in [1.807, 2.05) is 19.9 Å². The molecule has 0 fully saturated rings. The van der Waals surface area contributed by atoms with Gasteiger partial charge in [-0.3, -0.25) is 4.98 Å². The van der Waals surface area contributed by atoms with Gasteiger partial charge >= 0.3 is 0 Å². The summed E-state index contributed by atoms with van der Waals surface area (Å²) in [6, 6.07) is 5.82. The zero-order chi connectivity index (χ0) is 15.2. The van der Waals surface area contributed by atoms with Crippen LogP contribution < -0.4 is 5.32 Å². The fourth-order valence-corrected chi connectivity index (χ4v) is 2.43. The Morgan fingerprint density at radius 1 is 1.14 bits per heavy atom. The van der Waals surface area contributed by atoms with Crippen LogP contribution in [-0.4, -0.2) is 11.5 Å². The molecular formula is C17H20F2N2. The van der Waals surface area contributed by atoms with Crippen LogP contribution in [0, 0.1) is 11.6 Å². The summed E-state index contributed by atoms with van der Waals surface area (Å²) in [4.78, 5) is 4.12. The molecule has 0 radical (unpaired) electrons. The number of aromatic nitrogens is 1. The first-order valence-electron chi connectivity index (χ1n) is 7.29. The van der Waals surface area contributed by atoms with Crippen molar-refractivity contribution in [3.8, 4) is 0 Å². The molecular weight excluding hydrogens is 270 g/mol. The van der Waals surface area contributed by atoms with Gasteiger partial charge in [-0.15, -0.1) is 0 Å². The average Bonchev–Trinajstić information content (AvgIpc) is 2.52. The first-order chi connectivity index (χ1) is 10.2. The van der Waals surface area contributed by atoms with Gasteiger partial charge in [0.15, 0.2) is 11.6 Å². The van der Waals surface area contributed by atoms with Crippen molar-refractivity contribution in [3.63, 3.8) is 0 Å². The SMILES string of the molecule is CCCNC(c1ccncc1CC)c1cccc(F)c1F. The highest BCUT2D eigenvalue weighted by Crippen LogP contribution is 2.28. The van der Waals surface area contributed by atoms with Crippen LogP contribution in [0.4, 0.5) is 8.78 Å². The minimum Gasteiger partial charge on any atom is -0.306 e. The lowest BCUT2D eigenvalue weighted by Gasteiger charge is -2.22. The average molecular weight is 290 g/mol. The number of benzene rings is 1. The van der Waals surface area contributed by atoms with E-state index in [0.29, 0.717) is 5.56 Å². The van der Waals surface area contributed by atoms with Gasteiger partial charge in [0.1, 0.15) is 0 Å². The van der Waals surface area contributed by atoms with Gasteiger partial charge in [-0.1, -0.05) is 26.0 Å². The Hall–Kier alpha value is -1.81. The lowest BCUT2D eigenvalue weighted by atomic mass is 9.94. The standard InChI is InChI=1S/C17H20F2N2/c1-3-9-21-17(13-8-10-20-11-12(13)4-2)14-6-5-7-15(18)16(14)19/h5-8,10-11,17,21H,3-4,9H2,1-2H3. The number of hydrogen-bond donors (Lipinski definition) is 1. The molecule has 1 aromatic heterocycles. The number of rotatable bonds is 6. The van der Waals surface area contributed by atoms with Gasteiger partial charge in [-0.25, -0.2) is 8.78 Å². The van der Waals surface area contributed by atoms with E-state index in [4.69, 9.17) is 0 Å². The van der Waals surface area contributed by atoms with Gasteiger partial charge < -0.3 is 5.32 Å². The van der Waals surface area contributed by atoms with Crippen molar-refractivity contribution in [2.75, 3.05) is 6.54 Å². The molecule has 1 aromatic carbocycles. The maximum atomic E-state index is 14.2. The van der Waals surface area contributed by atoms with E-state index in [2.05, 4.69) is 10.3 Å². The second-order valence-corrected chi connectivity index (χ2v) is 4.96. The van der Waals surface area contributed by atoms with E-state index in [1.165, 1.54) is 0 Å². The van der Waals surface area contributed by atoms with Gasteiger partial charge in [0.05, 0.1) is 6.04 Å². The first-order valence-corrected chi connectivity index (χ1v) is 7.29. The molecule has 0 saturated carbocycles. The highest BCUT2D eigenvalue weighted by atomic mass is 19.2. The molecule has 0 saturated heterocycles. The Morgan fingerprint density at radius 2 is 1.95 bits per heavy atom. The van der Waals surface area contributed by atoms with Gasteiger partial charge in [0.25, 0.3) is 0 Å². The van der Waals surface area contributed by atoms with Crippen LogP contribution in [0.1, 0.15) is 43.0 Å². The lowest BCUT2D eigenvalue weighted by molar-refractivity contribution is 0.479. The third-order valence-corrected chi connectivity index (χ3v) is 3.52. The van der Waals surface area contributed by atoms with E-state index < -0.39 is 11.6 Å². The van der Waals surface area contributed by atoms with Crippen molar-refractivity contribution in [1.29, 1.82) is 0 Å². The summed E-state index contributed by atoms with van der Waals surface area (Å²) in [5, 5.41) is 3.31. The maximum absolute atomic E-state index is 14.2. The molecule has 112 valence electrons. The molecule has 21 heavy (non-hydrogen) atoms. The van der Waals surface area contributed by atoms with Crippen molar-refractivity contribution >= 4 is 0 Å². The van der Waals surface area contributed by atoms with E-state index in [0.717, 1.165) is 36.6 Å². The number of nitrogens with zero attached hydrogens (tertiary/aromatic N) is 1. The molecule has 4 heteroatoms. The van der Waals surface area contributed by atoms with Crippen LogP contribution in [-0.2, 0) is 6.42 Å². The number of halogens is 2. The monoisotopic (exact) mass is 290 g/mol. The molecule has 2 rings (SSSR count). The Kier molecular flexibility index (Phi) is 5.39. The van der Waals surface area contributed by atoms with Crippen LogP contribution in [0.5, 0.6) is 0 Å². The molecule has 0 aliphatic heterocycles. The van der Waals surface area contributed by atoms with Gasteiger partial charge in [0.2, 0.25) is 0 Å². The Morgan fingerprint density at radius 3 is 2.67 bits per heavy atom. The molecule has 0 amide bonds. The number of hydrogen-bond acceptors (Lipinski definition) is 2. The van der Waals surface area contributed by atoms with E-state index in [1.54, 1.807) is 24.5 Å². The van der Waals surface area contributed by atoms with E-state index in [-0.39, 0.29) is 6.04 Å². The van der Waals surface area contributed by atoms with E-state index in [9.17, 15) is 8.78 Å². The summed E-state index contributed by atoms with van der Waals surface area (Å²) in [6.07, 6.45) is 5.18. The molecule has 0 spiro atoms. The quantitative estimate of drug-likeness (QED) is 0.869. The zero-order valence-corrected chi connectivity index (χ0v) is 12.4. The number of nitrogens with one attached hydrogen (secondary N) is 1. The van der Waals surface area contributed by atoms with Crippen LogP contribution >= 0.6 is 0 Å². The third kappa shape index (κ3) is 3.45. The topological polar surface area (TPSA) is 24.9 Å². The zero-order valence-electron chi connectivity index (χ0n) is 12.4. The number of pyridine rings is 1. The van der Waals surface area contributed by atoms with Gasteiger partial charge in [0, 0.05) is 18.0 Å². The summed E-state index contributed by atoms with van der Waals surface area (Å²) >= 11 is 0. The predicted octanol–water partition coefficient (Wildman–Crippen LogP) is 4.01. The largest absolute Gasteiger partial charge is 0.306 e. The van der Waals surface area contributed by atoms with Crippen molar-refractivity contribution in [1.82, 2.24) is 10.3 Å². The van der Waals surface area contributed by atoms with Crippen molar-refractivity contribution in [2.24, 2.45) is 0 Å². The maximum Gasteiger partial charge on any atom is 0.163 e. The molecule has 1 N–H and O–H groups in total. The van der Waals surface area contributed by atoms with Crippen LogP contribution in [0.15, 0.2) is 36.7 Å². The Bertz CT molecular complexity index is 599. The lowest BCUT2D eigenvalue weighted by Crippen LogP contribution is -2.25. The molecule has 0 aliphatic rings. The highest BCUT2D eigenvalue weighted by molar-refractivity contribution is 5.36. The fraction of sp³-hybridized carbons (Fsp3) is 0.353. The van der Waals surface area contributed by atoms with Crippen LogP contribution in [0.3, 0.4) is 0 Å². The minimum atomic E-state index is -0.817. The molecule has 1 unspecified atom stereocenters. The minimum absolute atomic E-state index is 0.337. The Balaban J connectivity index is 2.50. The normalized spacial score (nSPS) is 12.4. The van der Waals surface area contributed by atoms with Crippen molar-refractivity contribution in [3.05, 3.63) is 65.0 Å². The molecule has 1 atom stereocenters. The summed E-state index contributed by atoms with van der Waals surface area (Å²) in [5.41, 5.74) is 2.32. The van der Waals surface area contributed by atoms with Gasteiger partial charge in [-0.2, -0.15) is 0 Å². The van der Waals surface area contributed by atoms with Crippen molar-refractivity contribution in [2.45, 2.75) is 32.7 Å². The third-order valence-electron chi connectivity index (χ3n) is 3.52. The molecule has 0 bridgehead atoms. The molecule has 1 heterocycles. The summed E-state index contributed by atoms with van der Waals surface area (Å²) in [7, 11) is 0. The second kappa shape index (κ2) is 7.27. The van der Waals surface area contributed by atoms with Crippen molar-refractivity contribution < 1.29 is 8.78 Å². The summed E-state index contributed by atoms with van der Waals surface area (Å²) in [5.74, 6) is -1.60. The number of aryl methyl sites for hydroxylation is 1. The Labute approximate surface area is 124 Å². The predicted molar refractivity (Wildman–Crippen MR) is 80.1 cm³/mol. The second-order valence-electron chi connectivity index (χ2n) is 4.96. The fourth-order valence-electron chi connectivity index (χ4n) is 2.43. The summed E-state index contributed by atoms with van der Waals surface area (Å²) < 4.78 is 27.7.